The lowest BCUT2D eigenvalue weighted by molar-refractivity contribution is -0.191. The minimum absolute atomic E-state index is 0. The number of carboxylic acids is 3. The summed E-state index contributed by atoms with van der Waals surface area (Å²) in [6, 6.07) is 0. The van der Waals surface area contributed by atoms with E-state index in [1.54, 1.807) is 0 Å². The van der Waals surface area contributed by atoms with Crippen molar-refractivity contribution in [1.29, 1.82) is 0 Å². The third-order valence-corrected chi connectivity index (χ3v) is 3.10. The molecule has 0 saturated heterocycles. The van der Waals surface area contributed by atoms with Crippen molar-refractivity contribution >= 4 is 45.7 Å². The standard InChI is InChI=1S/C5H10NO7P.C3H8NO5P.CH2O2.CO2.3CH4.O2.H2O/c7-4(8)1-6(2-5(9)10)3-14(11,12)13;5-3(6)1-4-2-10(7,8)9;2*2-1-3;;;;1-2;/h1-3H2,(H,7,8)(H,9,10)(H2,11,12,13);4H,1-2H2,(H,5,6)(H2,7,8,9);1H,(H,2,3);;3*1H4;;1H2. The second-order valence-corrected chi connectivity index (χ2v) is 7.67. The van der Waals surface area contributed by atoms with Gasteiger partial charge in [-0.05, 0) is 0 Å². The van der Waals surface area contributed by atoms with Gasteiger partial charge in [0.15, 0.2) is 0 Å². The number of hydrogen-bond donors (Lipinski definition) is 9. The molecule has 0 radical (unpaired) electrons. The van der Waals surface area contributed by atoms with E-state index in [1.165, 1.54) is 0 Å². The van der Waals surface area contributed by atoms with Gasteiger partial charge < -0.3 is 45.5 Å². The summed E-state index contributed by atoms with van der Waals surface area (Å²) in [4.78, 5) is 103. The van der Waals surface area contributed by atoms with Crippen molar-refractivity contribution < 1.29 is 83.4 Å². The second kappa shape index (κ2) is 36.6. The zero-order chi connectivity index (χ0) is 27.0. The molecule has 23 heteroatoms. The van der Waals surface area contributed by atoms with E-state index < -0.39 is 65.3 Å². The highest BCUT2D eigenvalue weighted by atomic mass is 31.2. The van der Waals surface area contributed by atoms with Crippen LogP contribution in [0, 0.1) is 9.93 Å². The van der Waals surface area contributed by atoms with Crippen LogP contribution < -0.4 is 5.32 Å². The van der Waals surface area contributed by atoms with Crippen molar-refractivity contribution in [3.8, 4) is 0 Å². The summed E-state index contributed by atoms with van der Waals surface area (Å²) in [5.74, 6) is -3.84. The molecular weight excluding hydrogens is 550 g/mol. The summed E-state index contributed by atoms with van der Waals surface area (Å²) in [6.07, 6.45) is -1.23. The van der Waals surface area contributed by atoms with E-state index in [2.05, 4.69) is 5.32 Å². The fourth-order valence-corrected chi connectivity index (χ4v) is 2.23. The number of rotatable bonds is 10. The molecule has 11 N–H and O–H groups in total. The molecule has 0 aliphatic rings. The van der Waals surface area contributed by atoms with Gasteiger partial charge in [-0.25, -0.2) is 0 Å². The SMILES string of the molecule is C.C.C.O.O=C(O)CN(CC(=O)O)CP(=O)(O)O.O=C(O)CNCP(=O)(O)O.O=C=O.O=CO.O=O. The van der Waals surface area contributed by atoms with Crippen molar-refractivity contribution in [3.05, 3.63) is 9.93 Å². The van der Waals surface area contributed by atoms with E-state index in [9.17, 15) is 23.5 Å². The summed E-state index contributed by atoms with van der Waals surface area (Å²) in [6.45, 7) is -2.14. The van der Waals surface area contributed by atoms with Crippen LogP contribution in [0.3, 0.4) is 0 Å². The number of carbonyl (C=O) groups is 4. The van der Waals surface area contributed by atoms with E-state index >= 15 is 0 Å². The Bertz CT molecular complexity index is 654. The Morgan fingerprint density at radius 3 is 1.25 bits per heavy atom. The predicted octanol–water partition coefficient (Wildman–Crippen LogP) is -2.34. The molecule has 0 fully saturated rings. The van der Waals surface area contributed by atoms with Gasteiger partial charge in [0.25, 0.3) is 6.47 Å². The largest absolute Gasteiger partial charge is 0.483 e. The van der Waals surface area contributed by atoms with Gasteiger partial charge in [-0.3, -0.25) is 38.5 Å². The van der Waals surface area contributed by atoms with Crippen LogP contribution in [0.4, 0.5) is 0 Å². The topological polar surface area (TPSA) is 379 Å². The average molecular weight is 584 g/mol. The molecule has 0 aromatic rings. The number of aliphatic carboxylic acids is 3. The first-order chi connectivity index (χ1) is 14.4. The molecule has 0 saturated carbocycles. The molecule has 0 aromatic carbocycles. The van der Waals surface area contributed by atoms with Crippen LogP contribution in [-0.2, 0) is 37.9 Å². The van der Waals surface area contributed by atoms with Crippen molar-refractivity contribution in [1.82, 2.24) is 10.2 Å². The monoisotopic (exact) mass is 584 g/mol. The lowest BCUT2D eigenvalue weighted by Crippen LogP contribution is -2.35. The van der Waals surface area contributed by atoms with Crippen LogP contribution in [0.2, 0.25) is 0 Å². The molecule has 0 aliphatic heterocycles. The van der Waals surface area contributed by atoms with Crippen LogP contribution in [-0.4, -0.2) is 113 Å². The molecule has 0 aromatic heterocycles. The first-order valence-electron chi connectivity index (χ1n) is 6.87. The van der Waals surface area contributed by atoms with Gasteiger partial charge in [0, 0.05) is 9.93 Å². The van der Waals surface area contributed by atoms with Crippen LogP contribution in [0.25, 0.3) is 0 Å². The third-order valence-electron chi connectivity index (χ3n) is 1.70. The van der Waals surface area contributed by atoms with Crippen LogP contribution in [0.5, 0.6) is 0 Å². The van der Waals surface area contributed by atoms with E-state index in [0.717, 1.165) is 0 Å². The zero-order valence-corrected chi connectivity index (χ0v) is 17.9. The minimum atomic E-state index is -4.44. The normalized spacial score (nSPS) is 8.36. The van der Waals surface area contributed by atoms with Crippen LogP contribution in [0.1, 0.15) is 22.3 Å². The maximum absolute atomic E-state index is 10.5. The molecule has 0 rings (SSSR count). The fraction of sp³-hybridized carbons (Fsp3) is 0.615. The lowest BCUT2D eigenvalue weighted by atomic mass is 10.5. The van der Waals surface area contributed by atoms with Gasteiger partial charge in [0.1, 0.15) is 6.29 Å². The van der Waals surface area contributed by atoms with Crippen molar-refractivity contribution in [2.24, 2.45) is 0 Å². The Balaban J connectivity index is -0.0000000420. The molecule has 21 nitrogen and oxygen atoms in total. The third kappa shape index (κ3) is 96.5. The molecule has 0 spiro atoms. The van der Waals surface area contributed by atoms with Gasteiger partial charge in [-0.1, -0.05) is 22.3 Å². The summed E-state index contributed by atoms with van der Waals surface area (Å²) in [5.41, 5.74) is 0. The molecule has 0 amide bonds. The molecule has 0 heterocycles. The van der Waals surface area contributed by atoms with Crippen molar-refractivity contribution in [2.75, 3.05) is 32.2 Å². The molecule has 0 unspecified atom stereocenters. The van der Waals surface area contributed by atoms with Crippen molar-refractivity contribution in [2.45, 2.75) is 22.3 Å². The number of hydrogen-bond acceptors (Lipinski definition) is 12. The Hall–Kier alpha value is -2.96. The van der Waals surface area contributed by atoms with Gasteiger partial charge in [0.2, 0.25) is 0 Å². The summed E-state index contributed by atoms with van der Waals surface area (Å²) in [7, 11) is -8.53. The first kappa shape index (κ1) is 58.7. The molecule has 0 aliphatic carbocycles. The maximum atomic E-state index is 10.5. The van der Waals surface area contributed by atoms with Crippen LogP contribution in [0.15, 0.2) is 0 Å². The summed E-state index contributed by atoms with van der Waals surface area (Å²) < 4.78 is 20.5. The first-order valence-corrected chi connectivity index (χ1v) is 10.5. The van der Waals surface area contributed by atoms with Gasteiger partial charge in [0.05, 0.1) is 25.9 Å². The van der Waals surface area contributed by atoms with E-state index in [-0.39, 0.29) is 40.4 Å². The molecule has 36 heavy (non-hydrogen) atoms. The van der Waals surface area contributed by atoms with Crippen LogP contribution >= 0.6 is 15.2 Å². The molecule has 0 atom stereocenters. The Kier molecular flexibility index (Phi) is 59.7. The average Bonchev–Trinajstić information content (AvgIpc) is 2.54. The number of carboxylic acid groups (broad SMARTS) is 4. The van der Waals surface area contributed by atoms with Gasteiger partial charge in [-0.15, -0.1) is 0 Å². The maximum Gasteiger partial charge on any atom is 0.373 e. The summed E-state index contributed by atoms with van der Waals surface area (Å²) >= 11 is 0. The smallest absolute Gasteiger partial charge is 0.373 e. The van der Waals surface area contributed by atoms with E-state index in [1.807, 2.05) is 0 Å². The zero-order valence-electron chi connectivity index (χ0n) is 16.1. The fourth-order valence-electron chi connectivity index (χ4n) is 1.11. The Morgan fingerprint density at radius 2 is 1.08 bits per heavy atom. The highest BCUT2D eigenvalue weighted by Crippen LogP contribution is 2.34. The minimum Gasteiger partial charge on any atom is -0.483 e. The van der Waals surface area contributed by atoms with Gasteiger partial charge in [-0.2, -0.15) is 9.59 Å². The predicted molar refractivity (Wildman–Crippen MR) is 121 cm³/mol. The van der Waals surface area contributed by atoms with Gasteiger partial charge >= 0.3 is 39.3 Å². The summed E-state index contributed by atoms with van der Waals surface area (Å²) in [5, 5.41) is 33.6. The number of nitrogens with zero attached hydrogens (tertiary/aromatic N) is 1. The Labute approximate surface area is 204 Å². The highest BCUT2D eigenvalue weighted by Gasteiger charge is 2.22. The molecule has 220 valence electrons. The van der Waals surface area contributed by atoms with E-state index in [0.29, 0.717) is 4.90 Å². The number of carbonyl (C=O) groups excluding carboxylic acids is 2. The second-order valence-electron chi connectivity index (χ2n) is 4.41. The molecular formula is C13H34N2O19P2. The lowest BCUT2D eigenvalue weighted by Gasteiger charge is -2.17. The molecule has 0 bridgehead atoms. The number of nitrogens with one attached hydrogen (secondary N) is 1. The van der Waals surface area contributed by atoms with E-state index in [4.69, 9.17) is 64.3 Å². The quantitative estimate of drug-likeness (QED) is 0.0958. The van der Waals surface area contributed by atoms with Crippen molar-refractivity contribution in [3.63, 3.8) is 0 Å². The highest BCUT2D eigenvalue weighted by molar-refractivity contribution is 7.51. The Morgan fingerprint density at radius 1 is 0.806 bits per heavy atom.